The molecule has 0 aromatic heterocycles. The summed E-state index contributed by atoms with van der Waals surface area (Å²) in [5.74, 6) is -1.17. The van der Waals surface area contributed by atoms with E-state index in [1.54, 1.807) is 32.6 Å². The number of nitrogens with zero attached hydrogens (tertiary/aromatic N) is 3. The second-order valence-electron chi connectivity index (χ2n) is 11.0. The van der Waals surface area contributed by atoms with Crippen LogP contribution in [0.5, 0.6) is 0 Å². The van der Waals surface area contributed by atoms with Crippen molar-refractivity contribution in [1.29, 1.82) is 0 Å². The first kappa shape index (κ1) is 32.0. The molecule has 226 valence electrons. The smallest absolute Gasteiger partial charge is 0.416 e. The quantitative estimate of drug-likeness (QED) is 0.367. The lowest BCUT2D eigenvalue weighted by Gasteiger charge is -2.44. The van der Waals surface area contributed by atoms with Crippen LogP contribution in [0.15, 0.2) is 36.4 Å². The number of benzene rings is 2. The van der Waals surface area contributed by atoms with Gasteiger partial charge in [-0.25, -0.2) is 9.18 Å². The van der Waals surface area contributed by atoms with Crippen molar-refractivity contribution in [3.05, 3.63) is 64.5 Å². The first-order valence-corrected chi connectivity index (χ1v) is 12.8. The zero-order chi connectivity index (χ0) is 31.1. The van der Waals surface area contributed by atoms with Crippen LogP contribution in [-0.2, 0) is 21.9 Å². The van der Waals surface area contributed by atoms with Gasteiger partial charge in [0, 0.05) is 25.8 Å². The molecule has 1 unspecified atom stereocenters. The van der Waals surface area contributed by atoms with Gasteiger partial charge in [-0.05, 0) is 82.1 Å². The number of alkyl halides is 6. The van der Waals surface area contributed by atoms with Crippen LogP contribution in [0.4, 0.5) is 41.2 Å². The Hall–Kier alpha value is -3.51. The van der Waals surface area contributed by atoms with Crippen molar-refractivity contribution < 1.29 is 45.1 Å². The van der Waals surface area contributed by atoms with Crippen LogP contribution in [0.25, 0.3) is 0 Å². The highest BCUT2D eigenvalue weighted by atomic mass is 19.4. The van der Waals surface area contributed by atoms with Gasteiger partial charge in [0.2, 0.25) is 5.91 Å². The highest BCUT2D eigenvalue weighted by Gasteiger charge is 2.41. The molecule has 1 aliphatic heterocycles. The minimum absolute atomic E-state index is 0.0247. The molecule has 6 nitrogen and oxygen atoms in total. The van der Waals surface area contributed by atoms with Crippen LogP contribution in [0, 0.1) is 12.7 Å². The number of aryl methyl sites for hydroxylation is 1. The first-order chi connectivity index (χ1) is 18.7. The van der Waals surface area contributed by atoms with E-state index in [9.17, 15) is 40.3 Å². The molecule has 1 saturated heterocycles. The lowest BCUT2D eigenvalue weighted by molar-refractivity contribution is -0.143. The Morgan fingerprint density at radius 2 is 1.51 bits per heavy atom. The third kappa shape index (κ3) is 7.62. The molecule has 0 saturated carbocycles. The van der Waals surface area contributed by atoms with Gasteiger partial charge in [0.05, 0.1) is 23.7 Å². The maximum atomic E-state index is 13.9. The zero-order valence-corrected chi connectivity index (χ0v) is 23.5. The molecule has 41 heavy (non-hydrogen) atoms. The molecule has 3 rings (SSSR count). The topological polar surface area (TPSA) is 53.1 Å². The van der Waals surface area contributed by atoms with Gasteiger partial charge >= 0.3 is 18.4 Å². The Kier molecular flexibility index (Phi) is 8.90. The number of ether oxygens (including phenoxy) is 1. The molecule has 0 spiro atoms. The third-order valence-corrected chi connectivity index (χ3v) is 6.81. The molecule has 1 aliphatic rings. The largest absolute Gasteiger partial charge is 0.444 e. The number of carbonyl (C=O) groups excluding carboxylic acids is 2. The van der Waals surface area contributed by atoms with E-state index in [0.717, 1.165) is 4.90 Å². The van der Waals surface area contributed by atoms with Crippen molar-refractivity contribution in [1.82, 2.24) is 9.80 Å². The Morgan fingerprint density at radius 1 is 0.951 bits per heavy atom. The van der Waals surface area contributed by atoms with Crippen LogP contribution in [0.3, 0.4) is 0 Å². The van der Waals surface area contributed by atoms with Crippen molar-refractivity contribution in [3.8, 4) is 0 Å². The number of rotatable bonds is 4. The number of anilines is 1. The highest BCUT2D eigenvalue weighted by Crippen LogP contribution is 2.38. The van der Waals surface area contributed by atoms with Gasteiger partial charge in [-0.3, -0.25) is 4.79 Å². The zero-order valence-electron chi connectivity index (χ0n) is 23.5. The Bertz CT molecular complexity index is 1260. The van der Waals surface area contributed by atoms with E-state index in [1.165, 1.54) is 37.1 Å². The van der Waals surface area contributed by atoms with Gasteiger partial charge < -0.3 is 19.4 Å². The summed E-state index contributed by atoms with van der Waals surface area (Å²) in [7, 11) is 1.27. The van der Waals surface area contributed by atoms with E-state index in [0.29, 0.717) is 23.4 Å². The van der Waals surface area contributed by atoms with Crippen LogP contribution in [0.2, 0.25) is 0 Å². The fourth-order valence-corrected chi connectivity index (χ4v) is 4.59. The van der Waals surface area contributed by atoms with Crippen molar-refractivity contribution in [2.45, 2.75) is 64.7 Å². The van der Waals surface area contributed by atoms with Gasteiger partial charge in [-0.1, -0.05) is 0 Å². The number of hydrogen-bond acceptors (Lipinski definition) is 4. The van der Waals surface area contributed by atoms with Gasteiger partial charge in [-0.15, -0.1) is 0 Å². The predicted octanol–water partition coefficient (Wildman–Crippen LogP) is 6.82. The maximum Gasteiger partial charge on any atom is 0.416 e. The summed E-state index contributed by atoms with van der Waals surface area (Å²) in [5.41, 5.74) is -3.19. The average molecular weight is 592 g/mol. The van der Waals surface area contributed by atoms with E-state index < -0.39 is 59.0 Å². The molecule has 2 atom stereocenters. The lowest BCUT2D eigenvalue weighted by atomic mass is 9.98. The summed E-state index contributed by atoms with van der Waals surface area (Å²) in [6.07, 6.45) is -10.8. The van der Waals surface area contributed by atoms with E-state index in [4.69, 9.17) is 4.74 Å². The number of likely N-dealkylation sites (N-methyl/N-ethyl adjacent to an activating group) is 1. The monoisotopic (exact) mass is 591 g/mol. The van der Waals surface area contributed by atoms with E-state index in [2.05, 4.69) is 0 Å². The molecule has 0 N–H and O–H groups in total. The van der Waals surface area contributed by atoms with Gasteiger partial charge in [0.15, 0.2) is 0 Å². The van der Waals surface area contributed by atoms with Crippen molar-refractivity contribution in [2.75, 3.05) is 31.6 Å². The Balaban J connectivity index is 2.01. The molecule has 1 fully saturated rings. The Morgan fingerprint density at radius 3 is 2.00 bits per heavy atom. The maximum absolute atomic E-state index is 13.9. The first-order valence-electron chi connectivity index (χ1n) is 12.8. The molecule has 0 radical (unpaired) electrons. The van der Waals surface area contributed by atoms with Crippen LogP contribution in [-0.4, -0.2) is 60.1 Å². The lowest BCUT2D eigenvalue weighted by Crippen LogP contribution is -2.61. The number of amides is 2. The van der Waals surface area contributed by atoms with E-state index >= 15 is 0 Å². The van der Waals surface area contributed by atoms with Crippen LogP contribution >= 0.6 is 0 Å². The van der Waals surface area contributed by atoms with Crippen molar-refractivity contribution in [3.63, 3.8) is 0 Å². The Labute approximate surface area is 233 Å². The number of hydrogen-bond donors (Lipinski definition) is 0. The molecule has 2 aromatic rings. The molecule has 0 bridgehead atoms. The van der Waals surface area contributed by atoms with Gasteiger partial charge in [0.25, 0.3) is 0 Å². The summed E-state index contributed by atoms with van der Waals surface area (Å²) < 4.78 is 100. The molecule has 2 amide bonds. The summed E-state index contributed by atoms with van der Waals surface area (Å²) >= 11 is 0. The van der Waals surface area contributed by atoms with Crippen molar-refractivity contribution >= 4 is 17.7 Å². The molecular formula is C28H32F7N3O3. The minimum atomic E-state index is -5.05. The predicted molar refractivity (Wildman–Crippen MR) is 138 cm³/mol. The highest BCUT2D eigenvalue weighted by molar-refractivity contribution is 5.87. The molecule has 0 aliphatic carbocycles. The fraction of sp³-hybridized carbons (Fsp3) is 0.500. The van der Waals surface area contributed by atoms with Gasteiger partial charge in [-0.2, -0.15) is 26.3 Å². The third-order valence-electron chi connectivity index (χ3n) is 6.81. The van der Waals surface area contributed by atoms with Crippen molar-refractivity contribution in [2.24, 2.45) is 0 Å². The summed E-state index contributed by atoms with van der Waals surface area (Å²) in [5, 5.41) is 0. The fourth-order valence-electron chi connectivity index (χ4n) is 4.59. The van der Waals surface area contributed by atoms with Crippen LogP contribution in [0.1, 0.15) is 56.0 Å². The second kappa shape index (κ2) is 11.4. The number of piperazine rings is 1. The average Bonchev–Trinajstić information content (AvgIpc) is 2.85. The normalized spacial score (nSPS) is 17.3. The van der Waals surface area contributed by atoms with E-state index in [-0.39, 0.29) is 31.3 Å². The molecule has 2 aromatic carbocycles. The standard InChI is InChI=1S/C28H32F7N3O3/c1-16-11-21(29)7-8-22(16)38-10-9-37(25(40)41-26(3,4)5)15-23(38)24(39)36(6)17(2)18-12-19(27(30,31)32)14-20(13-18)28(33,34)35/h7-8,11-14,17,23H,9-10,15H2,1-6H3/t17-,23?/m1/s1. The summed E-state index contributed by atoms with van der Waals surface area (Å²) in [6.45, 7) is 8.06. The number of halogens is 7. The van der Waals surface area contributed by atoms with Crippen LogP contribution < -0.4 is 4.90 Å². The molecule has 1 heterocycles. The second-order valence-corrected chi connectivity index (χ2v) is 11.0. The molecular weight excluding hydrogens is 559 g/mol. The SMILES string of the molecule is Cc1cc(F)ccc1N1CCN(C(=O)OC(C)(C)C)CC1C(=O)N(C)[C@H](C)c1cc(C(F)(F)F)cc(C(F)(F)F)c1. The molecule has 13 heteroatoms. The van der Waals surface area contributed by atoms with Gasteiger partial charge in [0.1, 0.15) is 17.5 Å². The minimum Gasteiger partial charge on any atom is -0.444 e. The summed E-state index contributed by atoms with van der Waals surface area (Å²) in [4.78, 5) is 30.7. The number of carbonyl (C=O) groups is 2. The summed E-state index contributed by atoms with van der Waals surface area (Å²) in [6, 6.07) is 2.83. The van der Waals surface area contributed by atoms with E-state index in [1.807, 2.05) is 0 Å².